The van der Waals surface area contributed by atoms with Gasteiger partial charge in [0.15, 0.2) is 0 Å². The number of rotatable bonds is 3. The van der Waals surface area contributed by atoms with Crippen molar-refractivity contribution in [3.8, 4) is 0 Å². The predicted molar refractivity (Wildman–Crippen MR) is 50.8 cm³/mol. The summed E-state index contributed by atoms with van der Waals surface area (Å²) in [6.07, 6.45) is -1.34. The number of likely N-dealkylation sites (tertiary alicyclic amines) is 1. The fourth-order valence-electron chi connectivity index (χ4n) is 1.73. The molecule has 0 bridgehead atoms. The second kappa shape index (κ2) is 4.48. The highest BCUT2D eigenvalue weighted by Gasteiger charge is 2.40. The zero-order chi connectivity index (χ0) is 11.6. The van der Waals surface area contributed by atoms with Gasteiger partial charge >= 0.3 is 12.1 Å². The fourth-order valence-corrected chi connectivity index (χ4v) is 1.73. The van der Waals surface area contributed by atoms with Crippen LogP contribution < -0.4 is 0 Å². The molecular formula is C9H15NO5. The van der Waals surface area contributed by atoms with Gasteiger partial charge < -0.3 is 14.9 Å². The molecule has 1 aliphatic rings. The van der Waals surface area contributed by atoms with E-state index in [2.05, 4.69) is 0 Å². The minimum absolute atomic E-state index is 0.0295. The molecule has 2 atom stereocenters. The first-order chi connectivity index (χ1) is 6.91. The molecule has 6 nitrogen and oxygen atoms in total. The van der Waals surface area contributed by atoms with Crippen molar-refractivity contribution in [2.75, 3.05) is 6.54 Å². The Labute approximate surface area is 87.4 Å². The monoisotopic (exact) mass is 217 g/mol. The van der Waals surface area contributed by atoms with Gasteiger partial charge in [-0.15, -0.1) is 0 Å². The van der Waals surface area contributed by atoms with Gasteiger partial charge in [0.2, 0.25) is 0 Å². The molecule has 1 saturated heterocycles. The van der Waals surface area contributed by atoms with Gasteiger partial charge in [0.25, 0.3) is 0 Å². The minimum Gasteiger partial charge on any atom is -0.480 e. The van der Waals surface area contributed by atoms with Crippen molar-refractivity contribution in [3.63, 3.8) is 0 Å². The maximum atomic E-state index is 10.8. The maximum Gasteiger partial charge on any atom is 0.408 e. The van der Waals surface area contributed by atoms with E-state index in [0.717, 1.165) is 4.90 Å². The zero-order valence-corrected chi connectivity index (χ0v) is 8.71. The lowest BCUT2D eigenvalue weighted by molar-refractivity contribution is -0.141. The Balaban J connectivity index is 2.65. The standard InChI is InChI=1S/C9H15NO5/c1-5(2)15-6-3-7(8(11)12)10(4-6)9(13)14/h5-7H,3-4H2,1-2H3,(H,11,12)(H,13,14)/t6?,7-/m1/s1. The van der Waals surface area contributed by atoms with Crippen LogP contribution in [0.2, 0.25) is 0 Å². The number of hydrogen-bond acceptors (Lipinski definition) is 3. The normalized spacial score (nSPS) is 25.9. The number of aliphatic carboxylic acids is 1. The number of amides is 1. The first-order valence-corrected chi connectivity index (χ1v) is 4.79. The SMILES string of the molecule is CC(C)OC1C[C@H](C(=O)O)N(C(=O)O)C1. The molecule has 1 amide bonds. The van der Waals surface area contributed by atoms with Crippen LogP contribution in [-0.4, -0.2) is 52.0 Å². The molecule has 1 aliphatic heterocycles. The lowest BCUT2D eigenvalue weighted by Crippen LogP contribution is -2.39. The highest BCUT2D eigenvalue weighted by Crippen LogP contribution is 2.21. The van der Waals surface area contributed by atoms with Crippen molar-refractivity contribution in [3.05, 3.63) is 0 Å². The van der Waals surface area contributed by atoms with Crippen molar-refractivity contribution < 1.29 is 24.5 Å². The number of carboxylic acids is 1. The topological polar surface area (TPSA) is 87.1 Å². The Bertz CT molecular complexity index is 243. The van der Waals surface area contributed by atoms with Crippen LogP contribution >= 0.6 is 0 Å². The number of hydrogen-bond donors (Lipinski definition) is 2. The zero-order valence-electron chi connectivity index (χ0n) is 8.71. The molecule has 0 aromatic carbocycles. The van der Waals surface area contributed by atoms with Gasteiger partial charge in [0.05, 0.1) is 18.8 Å². The van der Waals surface area contributed by atoms with E-state index in [1.54, 1.807) is 0 Å². The molecule has 1 unspecified atom stereocenters. The largest absolute Gasteiger partial charge is 0.480 e. The van der Waals surface area contributed by atoms with E-state index < -0.39 is 18.1 Å². The number of carbonyl (C=O) groups is 2. The van der Waals surface area contributed by atoms with Gasteiger partial charge in [-0.25, -0.2) is 9.59 Å². The second-order valence-electron chi connectivity index (χ2n) is 3.83. The summed E-state index contributed by atoms with van der Waals surface area (Å²) in [5.74, 6) is -1.12. The van der Waals surface area contributed by atoms with Crippen molar-refractivity contribution >= 4 is 12.1 Å². The predicted octanol–water partition coefficient (Wildman–Crippen LogP) is 0.617. The molecule has 1 fully saturated rings. The van der Waals surface area contributed by atoms with Crippen LogP contribution in [0.25, 0.3) is 0 Å². The van der Waals surface area contributed by atoms with Crippen LogP contribution in [0.1, 0.15) is 20.3 Å². The Morgan fingerprint density at radius 1 is 1.40 bits per heavy atom. The summed E-state index contributed by atoms with van der Waals surface area (Å²) in [4.78, 5) is 22.5. The summed E-state index contributed by atoms with van der Waals surface area (Å²) >= 11 is 0. The van der Waals surface area contributed by atoms with Gasteiger partial charge in [-0.05, 0) is 13.8 Å². The third-order valence-electron chi connectivity index (χ3n) is 2.26. The molecule has 2 N–H and O–H groups in total. The van der Waals surface area contributed by atoms with Crippen molar-refractivity contribution in [1.82, 2.24) is 4.90 Å². The quantitative estimate of drug-likeness (QED) is 0.723. The highest BCUT2D eigenvalue weighted by atomic mass is 16.5. The summed E-state index contributed by atoms with van der Waals surface area (Å²) in [6, 6.07) is -0.980. The van der Waals surface area contributed by atoms with Crippen LogP contribution in [0, 0.1) is 0 Å². The lowest BCUT2D eigenvalue weighted by atomic mass is 10.2. The van der Waals surface area contributed by atoms with E-state index in [-0.39, 0.29) is 25.2 Å². The molecular weight excluding hydrogens is 202 g/mol. The molecule has 0 aromatic rings. The Morgan fingerprint density at radius 3 is 2.33 bits per heavy atom. The molecule has 1 rings (SSSR count). The van der Waals surface area contributed by atoms with Crippen molar-refractivity contribution in [2.45, 2.75) is 38.5 Å². The van der Waals surface area contributed by atoms with Crippen LogP contribution in [0.15, 0.2) is 0 Å². The lowest BCUT2D eigenvalue weighted by Gasteiger charge is -2.17. The van der Waals surface area contributed by atoms with E-state index in [1.165, 1.54) is 0 Å². The Kier molecular flexibility index (Phi) is 3.52. The first kappa shape index (κ1) is 11.8. The summed E-state index contributed by atoms with van der Waals surface area (Å²) in [5, 5.41) is 17.6. The van der Waals surface area contributed by atoms with Gasteiger partial charge in [-0.2, -0.15) is 0 Å². The third-order valence-corrected chi connectivity index (χ3v) is 2.26. The molecule has 0 aliphatic carbocycles. The molecule has 0 saturated carbocycles. The van der Waals surface area contributed by atoms with E-state index >= 15 is 0 Å². The van der Waals surface area contributed by atoms with E-state index in [4.69, 9.17) is 14.9 Å². The van der Waals surface area contributed by atoms with Crippen molar-refractivity contribution in [1.29, 1.82) is 0 Å². The van der Waals surface area contributed by atoms with E-state index in [1.807, 2.05) is 13.8 Å². The number of nitrogens with zero attached hydrogens (tertiary/aromatic N) is 1. The first-order valence-electron chi connectivity index (χ1n) is 4.79. The van der Waals surface area contributed by atoms with Gasteiger partial charge in [0, 0.05) is 6.42 Å². The molecule has 86 valence electrons. The summed E-state index contributed by atoms with van der Waals surface area (Å²) in [6.45, 7) is 3.79. The van der Waals surface area contributed by atoms with Crippen LogP contribution in [0.5, 0.6) is 0 Å². The molecule has 0 aromatic heterocycles. The third kappa shape index (κ3) is 2.82. The molecule has 6 heteroatoms. The van der Waals surface area contributed by atoms with E-state index in [9.17, 15) is 9.59 Å². The van der Waals surface area contributed by atoms with Gasteiger partial charge in [-0.3, -0.25) is 4.90 Å². The van der Waals surface area contributed by atoms with Crippen molar-refractivity contribution in [2.24, 2.45) is 0 Å². The van der Waals surface area contributed by atoms with Gasteiger partial charge in [0.1, 0.15) is 6.04 Å². The number of carboxylic acid groups (broad SMARTS) is 2. The molecule has 1 heterocycles. The second-order valence-corrected chi connectivity index (χ2v) is 3.83. The molecule has 0 spiro atoms. The average Bonchev–Trinajstić information content (AvgIpc) is 2.46. The summed E-state index contributed by atoms with van der Waals surface area (Å²) in [5.41, 5.74) is 0. The Morgan fingerprint density at radius 2 is 2.00 bits per heavy atom. The van der Waals surface area contributed by atoms with E-state index in [0.29, 0.717) is 0 Å². The minimum atomic E-state index is -1.21. The molecule has 15 heavy (non-hydrogen) atoms. The average molecular weight is 217 g/mol. The van der Waals surface area contributed by atoms with Crippen LogP contribution in [0.4, 0.5) is 4.79 Å². The molecule has 0 radical (unpaired) electrons. The number of ether oxygens (including phenoxy) is 1. The Hall–Kier alpha value is -1.30. The van der Waals surface area contributed by atoms with Crippen LogP contribution in [0.3, 0.4) is 0 Å². The van der Waals surface area contributed by atoms with Gasteiger partial charge in [-0.1, -0.05) is 0 Å². The van der Waals surface area contributed by atoms with Crippen LogP contribution in [-0.2, 0) is 9.53 Å². The smallest absolute Gasteiger partial charge is 0.408 e. The fraction of sp³-hybridized carbons (Fsp3) is 0.778. The summed E-state index contributed by atoms with van der Waals surface area (Å²) in [7, 11) is 0. The maximum absolute atomic E-state index is 10.8. The summed E-state index contributed by atoms with van der Waals surface area (Å²) < 4.78 is 5.40. The highest BCUT2D eigenvalue weighted by molar-refractivity contribution is 5.80.